The molecule has 144 valence electrons. The molecule has 0 saturated carbocycles. The van der Waals surface area contributed by atoms with Crippen molar-refractivity contribution >= 4 is 22.9 Å². The average Bonchev–Trinajstić information content (AvgIpc) is 3.32. The maximum atomic E-state index is 11.4. The second-order valence-corrected chi connectivity index (χ2v) is 8.77. The van der Waals surface area contributed by atoms with Crippen LogP contribution in [0.1, 0.15) is 39.0 Å². The Kier molecular flexibility index (Phi) is 5.48. The molecule has 3 heterocycles. The van der Waals surface area contributed by atoms with Crippen LogP contribution in [0.25, 0.3) is 0 Å². The molecule has 1 atom stereocenters. The maximum absolute atomic E-state index is 11.4. The fourth-order valence-electron chi connectivity index (χ4n) is 4.11. The molecule has 2 saturated heterocycles. The molecular weight excluding hydrogens is 356 g/mol. The van der Waals surface area contributed by atoms with E-state index < -0.39 is 0 Å². The van der Waals surface area contributed by atoms with E-state index in [4.69, 9.17) is 5.73 Å². The van der Waals surface area contributed by atoms with E-state index in [0.717, 1.165) is 45.7 Å². The number of piperazine rings is 1. The fraction of sp³-hybridized carbons (Fsp3) is 0.476. The van der Waals surface area contributed by atoms with Crippen molar-refractivity contribution in [2.75, 3.05) is 44.7 Å². The van der Waals surface area contributed by atoms with E-state index in [-0.39, 0.29) is 5.91 Å². The van der Waals surface area contributed by atoms with Gasteiger partial charge >= 0.3 is 0 Å². The van der Waals surface area contributed by atoms with Gasteiger partial charge in [-0.1, -0.05) is 12.1 Å². The molecule has 1 aromatic heterocycles. The zero-order valence-corrected chi connectivity index (χ0v) is 16.8. The van der Waals surface area contributed by atoms with Crippen molar-refractivity contribution < 1.29 is 4.79 Å². The van der Waals surface area contributed by atoms with Crippen molar-refractivity contribution in [2.24, 2.45) is 5.73 Å². The molecule has 2 fully saturated rings. The molecule has 0 spiro atoms. The summed E-state index contributed by atoms with van der Waals surface area (Å²) in [4.78, 5) is 20.7. The summed E-state index contributed by atoms with van der Waals surface area (Å²) in [5.41, 5.74) is 8.10. The summed E-state index contributed by atoms with van der Waals surface area (Å²) in [5, 5.41) is 0. The molecule has 0 radical (unpaired) electrons. The SMILES string of the molecule is CN1CCN(c2ccc(CN3CCCC3c3ccc(C(N)=O)s3)cc2)CC1. The number of hydrogen-bond acceptors (Lipinski definition) is 5. The molecule has 1 aromatic carbocycles. The number of likely N-dealkylation sites (tertiary alicyclic amines) is 1. The number of hydrogen-bond donors (Lipinski definition) is 1. The van der Waals surface area contributed by atoms with Gasteiger partial charge < -0.3 is 15.5 Å². The van der Waals surface area contributed by atoms with Gasteiger partial charge in [-0.15, -0.1) is 11.3 Å². The van der Waals surface area contributed by atoms with Crippen molar-refractivity contribution in [3.63, 3.8) is 0 Å². The molecule has 6 heteroatoms. The van der Waals surface area contributed by atoms with Crippen LogP contribution in [0.4, 0.5) is 5.69 Å². The zero-order chi connectivity index (χ0) is 18.8. The molecule has 4 rings (SSSR count). The van der Waals surface area contributed by atoms with Crippen molar-refractivity contribution in [3.05, 3.63) is 51.7 Å². The summed E-state index contributed by atoms with van der Waals surface area (Å²) in [6, 6.07) is 13.4. The van der Waals surface area contributed by atoms with E-state index in [0.29, 0.717) is 10.9 Å². The predicted molar refractivity (Wildman–Crippen MR) is 111 cm³/mol. The maximum Gasteiger partial charge on any atom is 0.258 e. The molecule has 1 unspecified atom stereocenters. The number of amides is 1. The number of primary amides is 1. The third-order valence-corrected chi connectivity index (χ3v) is 6.95. The van der Waals surface area contributed by atoms with Crippen molar-refractivity contribution in [2.45, 2.75) is 25.4 Å². The molecule has 2 aromatic rings. The first-order valence-corrected chi connectivity index (χ1v) is 10.6. The highest BCUT2D eigenvalue weighted by Gasteiger charge is 2.27. The van der Waals surface area contributed by atoms with Gasteiger partial charge in [0.1, 0.15) is 0 Å². The fourth-order valence-corrected chi connectivity index (χ4v) is 5.14. The number of benzene rings is 1. The number of carbonyl (C=O) groups excluding carboxylic acids is 1. The van der Waals surface area contributed by atoms with Crippen molar-refractivity contribution in [3.8, 4) is 0 Å². The predicted octanol–water partition coefficient (Wildman–Crippen LogP) is 2.94. The van der Waals surface area contributed by atoms with Gasteiger partial charge in [-0.05, 0) is 56.3 Å². The summed E-state index contributed by atoms with van der Waals surface area (Å²) < 4.78 is 0. The second kappa shape index (κ2) is 8.00. The van der Waals surface area contributed by atoms with Crippen LogP contribution in [-0.2, 0) is 6.54 Å². The smallest absolute Gasteiger partial charge is 0.258 e. The Hall–Kier alpha value is -1.89. The summed E-state index contributed by atoms with van der Waals surface area (Å²) >= 11 is 1.55. The van der Waals surface area contributed by atoms with Crippen molar-refractivity contribution in [1.29, 1.82) is 0 Å². The Bertz CT molecular complexity index is 780. The lowest BCUT2D eigenvalue weighted by molar-refractivity contribution is 0.100. The Morgan fingerprint density at radius 2 is 1.81 bits per heavy atom. The first-order chi connectivity index (χ1) is 13.1. The lowest BCUT2D eigenvalue weighted by atomic mass is 10.1. The minimum atomic E-state index is -0.324. The first kappa shape index (κ1) is 18.5. The van der Waals surface area contributed by atoms with E-state index in [9.17, 15) is 4.79 Å². The van der Waals surface area contributed by atoms with E-state index in [1.54, 1.807) is 11.3 Å². The second-order valence-electron chi connectivity index (χ2n) is 7.65. The van der Waals surface area contributed by atoms with Gasteiger partial charge in [0.05, 0.1) is 4.88 Å². The summed E-state index contributed by atoms with van der Waals surface area (Å²) in [7, 11) is 2.19. The lowest BCUT2D eigenvalue weighted by Crippen LogP contribution is -2.44. The third kappa shape index (κ3) is 4.18. The van der Waals surface area contributed by atoms with Gasteiger partial charge in [0.15, 0.2) is 0 Å². The minimum absolute atomic E-state index is 0.324. The number of carbonyl (C=O) groups is 1. The van der Waals surface area contributed by atoms with Crippen LogP contribution in [-0.4, -0.2) is 55.5 Å². The Morgan fingerprint density at radius 1 is 1.07 bits per heavy atom. The number of anilines is 1. The highest BCUT2D eigenvalue weighted by atomic mass is 32.1. The van der Waals surface area contributed by atoms with E-state index in [1.807, 2.05) is 6.07 Å². The number of nitrogens with two attached hydrogens (primary N) is 1. The number of nitrogens with zero attached hydrogens (tertiary/aromatic N) is 3. The molecule has 27 heavy (non-hydrogen) atoms. The molecule has 2 N–H and O–H groups in total. The summed E-state index contributed by atoms with van der Waals surface area (Å²) in [6.07, 6.45) is 2.35. The topological polar surface area (TPSA) is 52.8 Å². The molecule has 0 aliphatic carbocycles. The molecule has 5 nitrogen and oxygen atoms in total. The van der Waals surface area contributed by atoms with Crippen LogP contribution < -0.4 is 10.6 Å². The standard InChI is InChI=1S/C21H28N4OS/c1-23-11-13-24(14-12-23)17-6-4-16(5-7-17)15-25-10-2-3-18(25)19-8-9-20(27-19)21(22)26/h4-9,18H,2-3,10-15H2,1H3,(H2,22,26). The van der Waals surface area contributed by atoms with Gasteiger partial charge in [0.2, 0.25) is 0 Å². The number of rotatable bonds is 5. The lowest BCUT2D eigenvalue weighted by Gasteiger charge is -2.34. The average molecular weight is 385 g/mol. The largest absolute Gasteiger partial charge is 0.369 e. The van der Waals surface area contributed by atoms with Crippen LogP contribution in [0.5, 0.6) is 0 Å². The van der Waals surface area contributed by atoms with Crippen LogP contribution >= 0.6 is 11.3 Å². The highest BCUT2D eigenvalue weighted by Crippen LogP contribution is 2.36. The van der Waals surface area contributed by atoms with E-state index in [1.165, 1.54) is 22.5 Å². The summed E-state index contributed by atoms with van der Waals surface area (Å²) in [5.74, 6) is -0.324. The monoisotopic (exact) mass is 384 g/mol. The van der Waals surface area contributed by atoms with Crippen LogP contribution in [0, 0.1) is 0 Å². The molecular formula is C21H28N4OS. The van der Waals surface area contributed by atoms with Gasteiger partial charge in [-0.25, -0.2) is 0 Å². The Morgan fingerprint density at radius 3 is 2.48 bits per heavy atom. The summed E-state index contributed by atoms with van der Waals surface area (Å²) in [6.45, 7) is 6.53. The number of likely N-dealkylation sites (N-methyl/N-ethyl adjacent to an activating group) is 1. The van der Waals surface area contributed by atoms with Crippen LogP contribution in [0.2, 0.25) is 0 Å². The van der Waals surface area contributed by atoms with Gasteiger partial charge in [-0.2, -0.15) is 0 Å². The molecule has 0 bridgehead atoms. The van der Waals surface area contributed by atoms with Crippen molar-refractivity contribution in [1.82, 2.24) is 9.80 Å². The molecule has 2 aliphatic rings. The van der Waals surface area contributed by atoms with Gasteiger partial charge in [-0.3, -0.25) is 9.69 Å². The quantitative estimate of drug-likeness (QED) is 0.861. The van der Waals surface area contributed by atoms with Crippen LogP contribution in [0.15, 0.2) is 36.4 Å². The zero-order valence-electron chi connectivity index (χ0n) is 15.9. The van der Waals surface area contributed by atoms with Gasteiger partial charge in [0.25, 0.3) is 5.91 Å². The first-order valence-electron chi connectivity index (χ1n) is 9.76. The number of thiophene rings is 1. The highest BCUT2D eigenvalue weighted by molar-refractivity contribution is 7.14. The third-order valence-electron chi connectivity index (χ3n) is 5.75. The molecule has 1 amide bonds. The van der Waals surface area contributed by atoms with Crippen LogP contribution in [0.3, 0.4) is 0 Å². The minimum Gasteiger partial charge on any atom is -0.369 e. The molecule has 2 aliphatic heterocycles. The normalized spacial score (nSPS) is 21.7. The van der Waals surface area contributed by atoms with E-state index >= 15 is 0 Å². The Labute approximate surface area is 165 Å². The Balaban J connectivity index is 1.41. The van der Waals surface area contributed by atoms with Gasteiger partial charge in [0, 0.05) is 49.3 Å². The van der Waals surface area contributed by atoms with E-state index in [2.05, 4.69) is 52.1 Å².